The summed E-state index contributed by atoms with van der Waals surface area (Å²) < 4.78 is 25.3. The Bertz CT molecular complexity index is 440. The fraction of sp³-hybridized carbons (Fsp3) is 0.500. The third-order valence-electron chi connectivity index (χ3n) is 2.12. The van der Waals surface area contributed by atoms with Gasteiger partial charge in [-0.2, -0.15) is 0 Å². The molecule has 90 valence electrons. The minimum absolute atomic E-state index is 0.0762. The second-order valence-electron chi connectivity index (χ2n) is 3.21. The van der Waals surface area contributed by atoms with Crippen molar-refractivity contribution < 1.29 is 18.3 Å². The smallest absolute Gasteiger partial charge is 0.307 e. The van der Waals surface area contributed by atoms with Crippen LogP contribution in [0.15, 0.2) is 17.6 Å². The van der Waals surface area contributed by atoms with Gasteiger partial charge in [-0.25, -0.2) is 18.1 Å². The fourth-order valence-corrected chi connectivity index (χ4v) is 2.07. The number of nitrogens with zero attached hydrogens (tertiary/aromatic N) is 1. The molecule has 0 aliphatic rings. The number of hydrogen-bond donors (Lipinski definition) is 3. The SMILES string of the molecule is CCC(CNS(=O)(=O)c1cnc[nH]1)C(=O)O. The predicted octanol–water partition coefficient (Wildman–Crippen LogP) is -0.201. The van der Waals surface area contributed by atoms with E-state index in [1.165, 1.54) is 6.33 Å². The van der Waals surface area contributed by atoms with Gasteiger partial charge in [-0.05, 0) is 6.42 Å². The van der Waals surface area contributed by atoms with Crippen LogP contribution in [0.1, 0.15) is 13.3 Å². The summed E-state index contributed by atoms with van der Waals surface area (Å²) >= 11 is 0. The Labute approximate surface area is 93.0 Å². The highest BCUT2D eigenvalue weighted by Gasteiger charge is 2.20. The molecule has 0 fully saturated rings. The maximum atomic E-state index is 11.6. The van der Waals surface area contributed by atoms with E-state index in [1.807, 2.05) is 0 Å². The standard InChI is InChI=1S/C8H13N3O4S/c1-2-6(8(12)13)3-11-16(14,15)7-4-9-5-10-7/h4-6,11H,2-3H2,1H3,(H,9,10)(H,12,13). The van der Waals surface area contributed by atoms with Crippen molar-refractivity contribution in [2.24, 2.45) is 5.92 Å². The van der Waals surface area contributed by atoms with Crippen molar-refractivity contribution in [3.05, 3.63) is 12.5 Å². The number of H-pyrrole nitrogens is 1. The largest absolute Gasteiger partial charge is 0.481 e. The van der Waals surface area contributed by atoms with Gasteiger partial charge >= 0.3 is 5.97 Å². The van der Waals surface area contributed by atoms with Crippen molar-refractivity contribution in [3.63, 3.8) is 0 Å². The van der Waals surface area contributed by atoms with Crippen LogP contribution in [0.4, 0.5) is 0 Å². The minimum atomic E-state index is -3.69. The van der Waals surface area contributed by atoms with E-state index >= 15 is 0 Å². The number of carbonyl (C=O) groups is 1. The van der Waals surface area contributed by atoms with E-state index < -0.39 is 21.9 Å². The van der Waals surface area contributed by atoms with Crippen LogP contribution in [0, 0.1) is 5.92 Å². The normalized spacial score (nSPS) is 13.6. The molecule has 0 saturated heterocycles. The van der Waals surface area contributed by atoms with Gasteiger partial charge in [0.05, 0.1) is 18.4 Å². The van der Waals surface area contributed by atoms with Crippen LogP contribution in [0.5, 0.6) is 0 Å². The quantitative estimate of drug-likeness (QED) is 0.644. The highest BCUT2D eigenvalue weighted by atomic mass is 32.2. The summed E-state index contributed by atoms with van der Waals surface area (Å²) in [6.07, 6.45) is 2.76. The average molecular weight is 247 g/mol. The van der Waals surface area contributed by atoms with E-state index in [-0.39, 0.29) is 11.6 Å². The summed E-state index contributed by atoms with van der Waals surface area (Å²) in [6, 6.07) is 0. The number of nitrogens with one attached hydrogen (secondary N) is 2. The van der Waals surface area contributed by atoms with Gasteiger partial charge in [0, 0.05) is 6.54 Å². The third-order valence-corrected chi connectivity index (χ3v) is 3.47. The molecule has 0 radical (unpaired) electrons. The summed E-state index contributed by atoms with van der Waals surface area (Å²) in [6.45, 7) is 1.55. The van der Waals surface area contributed by atoms with Crippen molar-refractivity contribution in [1.29, 1.82) is 0 Å². The highest BCUT2D eigenvalue weighted by molar-refractivity contribution is 7.89. The molecule has 0 amide bonds. The zero-order valence-corrected chi connectivity index (χ0v) is 9.49. The molecule has 0 aromatic carbocycles. The second kappa shape index (κ2) is 5.08. The van der Waals surface area contributed by atoms with E-state index in [2.05, 4.69) is 14.7 Å². The van der Waals surface area contributed by atoms with Gasteiger partial charge in [-0.3, -0.25) is 4.79 Å². The number of carboxylic acid groups (broad SMARTS) is 1. The van der Waals surface area contributed by atoms with Gasteiger partial charge in [-0.1, -0.05) is 6.92 Å². The molecular weight excluding hydrogens is 234 g/mol. The van der Waals surface area contributed by atoms with Crippen LogP contribution >= 0.6 is 0 Å². The average Bonchev–Trinajstić information content (AvgIpc) is 2.71. The first kappa shape index (κ1) is 12.7. The van der Waals surface area contributed by atoms with Crippen LogP contribution in [0.3, 0.4) is 0 Å². The molecule has 0 aliphatic heterocycles. The molecule has 1 unspecified atom stereocenters. The summed E-state index contributed by atoms with van der Waals surface area (Å²) in [5.41, 5.74) is 0. The molecule has 1 aromatic heterocycles. The summed E-state index contributed by atoms with van der Waals surface area (Å²) in [7, 11) is -3.69. The summed E-state index contributed by atoms with van der Waals surface area (Å²) in [5, 5.41) is 8.67. The van der Waals surface area contributed by atoms with Gasteiger partial charge in [0.2, 0.25) is 0 Å². The molecule has 1 heterocycles. The van der Waals surface area contributed by atoms with Crippen molar-refractivity contribution in [3.8, 4) is 0 Å². The molecule has 0 aliphatic carbocycles. The maximum Gasteiger partial charge on any atom is 0.307 e. The zero-order chi connectivity index (χ0) is 12.2. The number of aromatic amines is 1. The molecule has 0 saturated carbocycles. The van der Waals surface area contributed by atoms with E-state index in [9.17, 15) is 13.2 Å². The lowest BCUT2D eigenvalue weighted by Crippen LogP contribution is -2.32. The number of aliphatic carboxylic acids is 1. The molecule has 7 nitrogen and oxygen atoms in total. The Morgan fingerprint density at radius 3 is 2.81 bits per heavy atom. The van der Waals surface area contributed by atoms with Crippen molar-refractivity contribution in [2.45, 2.75) is 18.4 Å². The van der Waals surface area contributed by atoms with E-state index in [1.54, 1.807) is 6.92 Å². The molecule has 0 bridgehead atoms. The van der Waals surface area contributed by atoms with Gasteiger partial charge in [0.1, 0.15) is 0 Å². The number of hydrogen-bond acceptors (Lipinski definition) is 4. The van der Waals surface area contributed by atoms with E-state index in [4.69, 9.17) is 5.11 Å². The molecule has 1 rings (SSSR count). The minimum Gasteiger partial charge on any atom is -0.481 e. The lowest BCUT2D eigenvalue weighted by molar-refractivity contribution is -0.141. The molecule has 8 heteroatoms. The maximum absolute atomic E-state index is 11.6. The van der Waals surface area contributed by atoms with E-state index in [0.717, 1.165) is 6.20 Å². The number of carboxylic acids is 1. The number of sulfonamides is 1. The van der Waals surface area contributed by atoms with Crippen LogP contribution in [-0.4, -0.2) is 36.0 Å². The van der Waals surface area contributed by atoms with Crippen LogP contribution in [-0.2, 0) is 14.8 Å². The molecular formula is C8H13N3O4S. The molecule has 3 N–H and O–H groups in total. The van der Waals surface area contributed by atoms with Gasteiger partial charge in [-0.15, -0.1) is 0 Å². The topological polar surface area (TPSA) is 112 Å². The number of imidazole rings is 1. The van der Waals surface area contributed by atoms with Crippen LogP contribution < -0.4 is 4.72 Å². The Hall–Kier alpha value is -1.41. The first-order valence-electron chi connectivity index (χ1n) is 4.68. The third kappa shape index (κ3) is 3.04. The Balaban J connectivity index is 2.65. The van der Waals surface area contributed by atoms with Crippen molar-refractivity contribution >= 4 is 16.0 Å². The molecule has 0 spiro atoms. The Morgan fingerprint density at radius 1 is 1.69 bits per heavy atom. The lowest BCUT2D eigenvalue weighted by atomic mass is 10.1. The first-order valence-corrected chi connectivity index (χ1v) is 6.16. The van der Waals surface area contributed by atoms with Gasteiger partial charge in [0.15, 0.2) is 5.03 Å². The number of rotatable bonds is 6. The van der Waals surface area contributed by atoms with Crippen LogP contribution in [0.25, 0.3) is 0 Å². The summed E-state index contributed by atoms with van der Waals surface area (Å²) in [5.74, 6) is -1.74. The van der Waals surface area contributed by atoms with Gasteiger partial charge < -0.3 is 10.1 Å². The Morgan fingerprint density at radius 2 is 2.38 bits per heavy atom. The fourth-order valence-electron chi connectivity index (χ4n) is 1.08. The first-order chi connectivity index (χ1) is 7.47. The lowest BCUT2D eigenvalue weighted by Gasteiger charge is -2.10. The summed E-state index contributed by atoms with van der Waals surface area (Å²) in [4.78, 5) is 16.7. The van der Waals surface area contributed by atoms with E-state index in [0.29, 0.717) is 6.42 Å². The van der Waals surface area contributed by atoms with Crippen molar-refractivity contribution in [1.82, 2.24) is 14.7 Å². The second-order valence-corrected chi connectivity index (χ2v) is 4.95. The monoisotopic (exact) mass is 247 g/mol. The molecule has 16 heavy (non-hydrogen) atoms. The highest BCUT2D eigenvalue weighted by Crippen LogP contribution is 2.05. The molecule has 1 aromatic rings. The van der Waals surface area contributed by atoms with Crippen LogP contribution in [0.2, 0.25) is 0 Å². The zero-order valence-electron chi connectivity index (χ0n) is 8.67. The molecule has 1 atom stereocenters. The number of aromatic nitrogens is 2. The van der Waals surface area contributed by atoms with Gasteiger partial charge in [0.25, 0.3) is 10.0 Å². The predicted molar refractivity (Wildman–Crippen MR) is 55.2 cm³/mol. The van der Waals surface area contributed by atoms with Crippen molar-refractivity contribution in [2.75, 3.05) is 6.54 Å². The Kier molecular flexibility index (Phi) is 4.02.